The van der Waals surface area contributed by atoms with Gasteiger partial charge in [-0.2, -0.15) is 0 Å². The van der Waals surface area contributed by atoms with Gasteiger partial charge >= 0.3 is 0 Å². The number of aromatic nitrogens is 2. The smallest absolute Gasteiger partial charge is 0.142 e. The summed E-state index contributed by atoms with van der Waals surface area (Å²) in [4.78, 5) is 11.1. The van der Waals surface area contributed by atoms with Gasteiger partial charge in [-0.1, -0.05) is 110 Å². The Bertz CT molecular complexity index is 1320. The van der Waals surface area contributed by atoms with E-state index in [0.29, 0.717) is 6.61 Å². The lowest BCUT2D eigenvalue weighted by molar-refractivity contribution is 0.203. The Morgan fingerprint density at radius 1 is 0.703 bits per heavy atom. The fourth-order valence-corrected chi connectivity index (χ4v) is 4.62. The van der Waals surface area contributed by atoms with Gasteiger partial charge < -0.3 is 9.72 Å². The quantitative estimate of drug-likeness (QED) is 0.207. The minimum atomic E-state index is 0.613. The van der Waals surface area contributed by atoms with Crippen molar-refractivity contribution in [1.82, 2.24) is 14.9 Å². The largest absolute Gasteiger partial charge is 0.491 e. The van der Waals surface area contributed by atoms with Gasteiger partial charge in [-0.25, -0.2) is 4.98 Å². The molecule has 0 saturated heterocycles. The molecule has 4 heteroatoms. The van der Waals surface area contributed by atoms with Crippen LogP contribution in [-0.4, -0.2) is 34.6 Å². The molecule has 0 amide bonds. The SMILES string of the molecule is CCCN(CCOc1ccccc1-c1nc(-c2ccccc2)c(-c2ccccc2)[nH]1)Cc1ccccc1. The van der Waals surface area contributed by atoms with Crippen molar-refractivity contribution in [3.63, 3.8) is 0 Å². The maximum atomic E-state index is 6.36. The molecule has 1 N–H and O–H groups in total. The molecule has 0 fully saturated rings. The third kappa shape index (κ3) is 6.16. The van der Waals surface area contributed by atoms with E-state index in [-0.39, 0.29) is 0 Å². The highest BCUT2D eigenvalue weighted by Gasteiger charge is 2.17. The van der Waals surface area contributed by atoms with Gasteiger partial charge in [-0.3, -0.25) is 4.90 Å². The van der Waals surface area contributed by atoms with Gasteiger partial charge in [-0.15, -0.1) is 0 Å². The lowest BCUT2D eigenvalue weighted by Gasteiger charge is -2.22. The zero-order chi connectivity index (χ0) is 25.3. The molecule has 0 unspecified atom stereocenters. The van der Waals surface area contributed by atoms with Crippen molar-refractivity contribution >= 4 is 0 Å². The number of nitrogens with one attached hydrogen (secondary N) is 1. The summed E-state index contributed by atoms with van der Waals surface area (Å²) >= 11 is 0. The number of aromatic amines is 1. The number of rotatable bonds is 11. The zero-order valence-electron chi connectivity index (χ0n) is 21.3. The van der Waals surface area contributed by atoms with Crippen LogP contribution in [-0.2, 0) is 6.54 Å². The summed E-state index contributed by atoms with van der Waals surface area (Å²) in [6.45, 7) is 5.67. The standard InChI is InChI=1S/C33H33N3O/c1-2-22-36(25-26-14-6-3-7-15-26)23-24-37-30-21-13-12-20-29(30)33-34-31(27-16-8-4-9-17-27)32(35-33)28-18-10-5-11-19-28/h3-21H,2,22-25H2,1H3,(H,34,35). The number of benzene rings is 4. The van der Waals surface area contributed by atoms with Crippen LogP contribution in [0.3, 0.4) is 0 Å². The summed E-state index contributed by atoms with van der Waals surface area (Å²) in [5, 5.41) is 0. The Labute approximate surface area is 219 Å². The highest BCUT2D eigenvalue weighted by molar-refractivity contribution is 5.82. The summed E-state index contributed by atoms with van der Waals surface area (Å²) in [6.07, 6.45) is 1.11. The van der Waals surface area contributed by atoms with Crippen molar-refractivity contribution in [3.8, 4) is 39.7 Å². The Morgan fingerprint density at radius 2 is 1.32 bits per heavy atom. The van der Waals surface area contributed by atoms with E-state index in [1.165, 1.54) is 5.56 Å². The van der Waals surface area contributed by atoms with E-state index in [1.807, 2.05) is 42.5 Å². The average Bonchev–Trinajstić information content (AvgIpc) is 3.40. The Balaban J connectivity index is 1.38. The molecule has 0 spiro atoms. The predicted molar refractivity (Wildman–Crippen MR) is 152 cm³/mol. The summed E-state index contributed by atoms with van der Waals surface area (Å²) in [5.41, 5.74) is 6.43. The fourth-order valence-electron chi connectivity index (χ4n) is 4.62. The van der Waals surface area contributed by atoms with Crippen molar-refractivity contribution < 1.29 is 4.74 Å². The van der Waals surface area contributed by atoms with Gasteiger partial charge in [0, 0.05) is 24.2 Å². The summed E-state index contributed by atoms with van der Waals surface area (Å²) < 4.78 is 6.36. The van der Waals surface area contributed by atoms with E-state index >= 15 is 0 Å². The van der Waals surface area contributed by atoms with E-state index in [9.17, 15) is 0 Å². The van der Waals surface area contributed by atoms with Crippen LogP contribution in [0.1, 0.15) is 18.9 Å². The molecule has 1 heterocycles. The van der Waals surface area contributed by atoms with Gasteiger partial charge in [0.25, 0.3) is 0 Å². The normalized spacial score (nSPS) is 11.1. The van der Waals surface area contributed by atoms with Crippen LogP contribution in [0.4, 0.5) is 0 Å². The number of hydrogen-bond donors (Lipinski definition) is 1. The molecular weight excluding hydrogens is 454 g/mol. The van der Waals surface area contributed by atoms with Crippen molar-refractivity contribution in [2.75, 3.05) is 19.7 Å². The van der Waals surface area contributed by atoms with E-state index < -0.39 is 0 Å². The first-order valence-corrected chi connectivity index (χ1v) is 13.0. The first-order chi connectivity index (χ1) is 18.3. The molecule has 0 aliphatic heterocycles. The predicted octanol–water partition coefficient (Wildman–Crippen LogP) is 7.70. The number of H-pyrrole nitrogens is 1. The number of ether oxygens (including phenoxy) is 1. The van der Waals surface area contributed by atoms with Crippen LogP contribution in [0, 0.1) is 0 Å². The molecular formula is C33H33N3O. The zero-order valence-corrected chi connectivity index (χ0v) is 21.3. The lowest BCUT2D eigenvalue weighted by Crippen LogP contribution is -2.29. The maximum Gasteiger partial charge on any atom is 0.142 e. The molecule has 0 radical (unpaired) electrons. The van der Waals surface area contributed by atoms with Crippen molar-refractivity contribution in [2.45, 2.75) is 19.9 Å². The van der Waals surface area contributed by atoms with Gasteiger partial charge in [0.1, 0.15) is 18.2 Å². The molecule has 5 aromatic rings. The van der Waals surface area contributed by atoms with Crippen LogP contribution < -0.4 is 4.74 Å². The molecule has 0 aliphatic rings. The Hall–Kier alpha value is -4.15. The number of nitrogens with zero attached hydrogens (tertiary/aromatic N) is 2. The lowest BCUT2D eigenvalue weighted by atomic mass is 10.1. The van der Waals surface area contributed by atoms with Gasteiger partial charge in [0.05, 0.1) is 17.0 Å². The summed E-state index contributed by atoms with van der Waals surface area (Å²) in [5.74, 6) is 1.65. The molecule has 4 nitrogen and oxygen atoms in total. The van der Waals surface area contributed by atoms with Crippen LogP contribution in [0.2, 0.25) is 0 Å². The molecule has 186 valence electrons. The van der Waals surface area contributed by atoms with Crippen LogP contribution >= 0.6 is 0 Å². The summed E-state index contributed by atoms with van der Waals surface area (Å²) in [6, 6.07) is 39.5. The molecule has 37 heavy (non-hydrogen) atoms. The fraction of sp³-hybridized carbons (Fsp3) is 0.182. The second kappa shape index (κ2) is 12.2. The third-order valence-corrected chi connectivity index (χ3v) is 6.41. The highest BCUT2D eigenvalue weighted by Crippen LogP contribution is 2.35. The van der Waals surface area contributed by atoms with E-state index in [1.54, 1.807) is 0 Å². The highest BCUT2D eigenvalue weighted by atomic mass is 16.5. The first-order valence-electron chi connectivity index (χ1n) is 13.0. The monoisotopic (exact) mass is 487 g/mol. The topological polar surface area (TPSA) is 41.1 Å². The number of hydrogen-bond acceptors (Lipinski definition) is 3. The molecule has 0 aliphatic carbocycles. The molecule has 0 saturated carbocycles. The van der Waals surface area contributed by atoms with Gasteiger partial charge in [-0.05, 0) is 30.7 Å². The minimum absolute atomic E-state index is 0.613. The van der Waals surface area contributed by atoms with Gasteiger partial charge in [0.2, 0.25) is 0 Å². The van der Waals surface area contributed by atoms with Crippen LogP contribution in [0.25, 0.3) is 33.9 Å². The van der Waals surface area contributed by atoms with Crippen LogP contribution in [0.5, 0.6) is 5.75 Å². The third-order valence-electron chi connectivity index (χ3n) is 6.41. The molecule has 4 aromatic carbocycles. The van der Waals surface area contributed by atoms with Crippen molar-refractivity contribution in [3.05, 3.63) is 121 Å². The van der Waals surface area contributed by atoms with Crippen LogP contribution in [0.15, 0.2) is 115 Å². The van der Waals surface area contributed by atoms with E-state index in [0.717, 1.165) is 65.7 Å². The Morgan fingerprint density at radius 3 is 2.03 bits per heavy atom. The van der Waals surface area contributed by atoms with Crippen molar-refractivity contribution in [1.29, 1.82) is 0 Å². The second-order valence-electron chi connectivity index (χ2n) is 9.15. The van der Waals surface area contributed by atoms with E-state index in [2.05, 4.69) is 89.6 Å². The number of para-hydroxylation sites is 1. The van der Waals surface area contributed by atoms with E-state index in [4.69, 9.17) is 9.72 Å². The minimum Gasteiger partial charge on any atom is -0.491 e. The number of imidazole rings is 1. The molecule has 0 atom stereocenters. The molecule has 0 bridgehead atoms. The summed E-state index contributed by atoms with van der Waals surface area (Å²) in [7, 11) is 0. The molecule has 1 aromatic heterocycles. The Kier molecular flexibility index (Phi) is 8.09. The maximum absolute atomic E-state index is 6.36. The van der Waals surface area contributed by atoms with Crippen molar-refractivity contribution in [2.24, 2.45) is 0 Å². The second-order valence-corrected chi connectivity index (χ2v) is 9.15. The average molecular weight is 488 g/mol. The molecule has 5 rings (SSSR count). The first kappa shape index (κ1) is 24.5. The van der Waals surface area contributed by atoms with Gasteiger partial charge in [0.15, 0.2) is 0 Å².